The number of carbonyl (C=O) groups is 1. The maximum atomic E-state index is 13.6. The van der Waals surface area contributed by atoms with Crippen LogP contribution in [0.3, 0.4) is 0 Å². The molecule has 1 saturated carbocycles. The Kier molecular flexibility index (Phi) is 11.2. The average molecular weight is 494 g/mol. The fraction of sp³-hybridized carbons (Fsp3) is 0.750. The highest BCUT2D eigenvalue weighted by atomic mass is 19.3. The van der Waals surface area contributed by atoms with Crippen LogP contribution in [-0.4, -0.2) is 63.3 Å². The van der Waals surface area contributed by atoms with Crippen LogP contribution in [0.2, 0.25) is 0 Å². The lowest BCUT2D eigenvalue weighted by molar-refractivity contribution is -0.0473. The molecule has 7 heteroatoms. The van der Waals surface area contributed by atoms with Crippen molar-refractivity contribution < 1.29 is 18.3 Å². The quantitative estimate of drug-likeness (QED) is 0.361. The topological polar surface area (TPSA) is 53.6 Å². The second kappa shape index (κ2) is 14.1. The molecule has 2 fully saturated rings. The van der Waals surface area contributed by atoms with E-state index in [1.165, 1.54) is 5.56 Å². The highest BCUT2D eigenvalue weighted by Gasteiger charge is 2.36. The lowest BCUT2D eigenvalue weighted by Gasteiger charge is -2.38. The minimum absolute atomic E-state index is 0.0118. The van der Waals surface area contributed by atoms with Crippen LogP contribution >= 0.6 is 0 Å². The second-order valence-electron chi connectivity index (χ2n) is 10.6. The van der Waals surface area contributed by atoms with Gasteiger partial charge in [0.05, 0.1) is 0 Å². The van der Waals surface area contributed by atoms with Crippen LogP contribution < -0.4 is 10.6 Å². The number of benzene rings is 1. The van der Waals surface area contributed by atoms with Crippen LogP contribution in [0.1, 0.15) is 75.7 Å². The molecular formula is C28H45F2N3O2. The second-order valence-corrected chi connectivity index (χ2v) is 10.6. The number of alkyl halides is 2. The number of nitrogens with one attached hydrogen (secondary N) is 2. The Labute approximate surface area is 210 Å². The maximum absolute atomic E-state index is 13.6. The molecule has 2 amide bonds. The van der Waals surface area contributed by atoms with E-state index in [0.29, 0.717) is 31.2 Å². The molecule has 3 rings (SSSR count). The van der Waals surface area contributed by atoms with Crippen LogP contribution in [0.25, 0.3) is 0 Å². The van der Waals surface area contributed by atoms with Gasteiger partial charge in [-0.1, -0.05) is 36.8 Å². The van der Waals surface area contributed by atoms with Gasteiger partial charge in [0, 0.05) is 52.2 Å². The monoisotopic (exact) mass is 493 g/mol. The first kappa shape index (κ1) is 27.9. The van der Waals surface area contributed by atoms with Crippen LogP contribution in [0.4, 0.5) is 13.6 Å². The number of nitrogens with zero attached hydrogens (tertiary/aromatic N) is 1. The van der Waals surface area contributed by atoms with E-state index in [0.717, 1.165) is 58.2 Å². The summed E-state index contributed by atoms with van der Waals surface area (Å²) in [6.45, 7) is 2.97. The lowest BCUT2D eigenvalue weighted by atomic mass is 9.78. The SMILES string of the molecule is CNC[C@H](CC1CCC(F)(F)CC1)NC(=O)N1CCC[C@@H]([C@@H](CCCCOC)c2ccccc2)C1. The van der Waals surface area contributed by atoms with Crippen molar-refractivity contribution in [3.05, 3.63) is 35.9 Å². The van der Waals surface area contributed by atoms with Crippen LogP contribution in [-0.2, 0) is 4.74 Å². The first-order chi connectivity index (χ1) is 16.9. The fourth-order valence-corrected chi connectivity index (χ4v) is 5.95. The summed E-state index contributed by atoms with van der Waals surface area (Å²) in [5.41, 5.74) is 1.36. The van der Waals surface area contributed by atoms with Crippen molar-refractivity contribution >= 4 is 6.03 Å². The number of likely N-dealkylation sites (N-methyl/N-ethyl adjacent to an activating group) is 1. The Hall–Kier alpha value is -1.73. The Balaban J connectivity index is 1.58. The van der Waals surface area contributed by atoms with Crippen LogP contribution in [0.5, 0.6) is 0 Å². The number of urea groups is 1. The molecule has 198 valence electrons. The summed E-state index contributed by atoms with van der Waals surface area (Å²) < 4.78 is 32.4. The molecular weight excluding hydrogens is 448 g/mol. The number of hydrogen-bond acceptors (Lipinski definition) is 3. The van der Waals surface area contributed by atoms with Crippen molar-refractivity contribution in [3.63, 3.8) is 0 Å². The van der Waals surface area contributed by atoms with E-state index in [1.807, 2.05) is 11.9 Å². The Morgan fingerprint density at radius 1 is 1.17 bits per heavy atom. The predicted molar refractivity (Wildman–Crippen MR) is 137 cm³/mol. The summed E-state index contributed by atoms with van der Waals surface area (Å²) in [5, 5.41) is 6.41. The van der Waals surface area contributed by atoms with E-state index in [1.54, 1.807) is 7.11 Å². The first-order valence-electron chi connectivity index (χ1n) is 13.5. The number of ether oxygens (including phenoxy) is 1. The summed E-state index contributed by atoms with van der Waals surface area (Å²) in [6, 6.07) is 10.7. The number of unbranched alkanes of at least 4 members (excludes halogenated alkanes) is 1. The van der Waals surface area contributed by atoms with Gasteiger partial charge < -0.3 is 20.3 Å². The number of likely N-dealkylation sites (tertiary alicyclic amines) is 1. The minimum Gasteiger partial charge on any atom is -0.385 e. The lowest BCUT2D eigenvalue weighted by Crippen LogP contribution is -2.52. The molecule has 0 bridgehead atoms. The van der Waals surface area contributed by atoms with Crippen LogP contribution in [0.15, 0.2) is 30.3 Å². The van der Waals surface area contributed by atoms with Crippen LogP contribution in [0, 0.1) is 11.8 Å². The number of hydrogen-bond donors (Lipinski definition) is 2. The molecule has 5 nitrogen and oxygen atoms in total. The molecule has 0 radical (unpaired) electrons. The zero-order valence-electron chi connectivity index (χ0n) is 21.6. The standard InChI is InChI=1S/C28H45F2N3O2/c1-31-20-25(19-22-13-15-28(29,30)16-14-22)32-27(34)33-17-8-11-24(21-33)26(12-6-7-18-35-2)23-9-4-3-5-10-23/h3-5,9-10,22,24-26,31H,6-8,11-21H2,1-2H3,(H,32,34)/t24-,25+,26+/m1/s1. The molecule has 1 aromatic carbocycles. The number of rotatable bonds is 12. The molecule has 0 unspecified atom stereocenters. The molecule has 1 aliphatic heterocycles. The third-order valence-corrected chi connectivity index (χ3v) is 7.89. The fourth-order valence-electron chi connectivity index (χ4n) is 5.95. The molecule has 3 atom stereocenters. The third kappa shape index (κ3) is 9.02. The zero-order chi connectivity index (χ0) is 25.1. The Bertz CT molecular complexity index is 739. The summed E-state index contributed by atoms with van der Waals surface area (Å²) in [6.07, 6.45) is 7.17. The molecule has 2 N–H and O–H groups in total. The Morgan fingerprint density at radius 3 is 2.60 bits per heavy atom. The van der Waals surface area contributed by atoms with Crippen molar-refractivity contribution in [2.75, 3.05) is 40.4 Å². The van der Waals surface area contributed by atoms with Gasteiger partial charge in [0.25, 0.3) is 0 Å². The predicted octanol–water partition coefficient (Wildman–Crippen LogP) is 5.81. The number of piperidine rings is 1. The van der Waals surface area contributed by atoms with E-state index in [2.05, 4.69) is 41.0 Å². The van der Waals surface area contributed by atoms with Gasteiger partial charge >= 0.3 is 6.03 Å². The molecule has 1 heterocycles. The summed E-state index contributed by atoms with van der Waals surface area (Å²) in [4.78, 5) is 15.3. The molecule has 0 aromatic heterocycles. The van der Waals surface area contributed by atoms with E-state index in [9.17, 15) is 13.6 Å². The summed E-state index contributed by atoms with van der Waals surface area (Å²) >= 11 is 0. The van der Waals surface area contributed by atoms with Gasteiger partial charge in [-0.3, -0.25) is 0 Å². The molecule has 2 aliphatic rings. The number of carbonyl (C=O) groups excluding carboxylic acids is 1. The maximum Gasteiger partial charge on any atom is 0.317 e. The van der Waals surface area contributed by atoms with E-state index >= 15 is 0 Å². The van der Waals surface area contributed by atoms with E-state index < -0.39 is 5.92 Å². The zero-order valence-corrected chi connectivity index (χ0v) is 21.6. The van der Waals surface area contributed by atoms with Gasteiger partial charge in [-0.15, -0.1) is 0 Å². The molecule has 1 aliphatic carbocycles. The third-order valence-electron chi connectivity index (χ3n) is 7.89. The van der Waals surface area contributed by atoms with E-state index in [4.69, 9.17) is 4.74 Å². The normalized spacial score (nSPS) is 22.5. The molecule has 35 heavy (non-hydrogen) atoms. The molecule has 1 saturated heterocycles. The highest BCUT2D eigenvalue weighted by Crippen LogP contribution is 2.38. The van der Waals surface area contributed by atoms with Gasteiger partial charge in [0.1, 0.15) is 0 Å². The molecule has 0 spiro atoms. The van der Waals surface area contributed by atoms with Crippen molar-refractivity contribution in [2.45, 2.75) is 82.1 Å². The van der Waals surface area contributed by atoms with Crippen molar-refractivity contribution in [1.82, 2.24) is 15.5 Å². The highest BCUT2D eigenvalue weighted by molar-refractivity contribution is 5.74. The van der Waals surface area contributed by atoms with Gasteiger partial charge in [-0.05, 0) is 75.3 Å². The van der Waals surface area contributed by atoms with Crippen molar-refractivity contribution in [2.24, 2.45) is 11.8 Å². The van der Waals surface area contributed by atoms with Gasteiger partial charge in [0.2, 0.25) is 5.92 Å². The first-order valence-corrected chi connectivity index (χ1v) is 13.5. The smallest absolute Gasteiger partial charge is 0.317 e. The summed E-state index contributed by atoms with van der Waals surface area (Å²) in [7, 11) is 3.62. The Morgan fingerprint density at radius 2 is 1.91 bits per heavy atom. The van der Waals surface area contributed by atoms with E-state index in [-0.39, 0.29) is 30.8 Å². The number of amides is 2. The number of methoxy groups -OCH3 is 1. The van der Waals surface area contributed by atoms with Gasteiger partial charge in [-0.25, -0.2) is 13.6 Å². The van der Waals surface area contributed by atoms with Gasteiger partial charge in [-0.2, -0.15) is 0 Å². The van der Waals surface area contributed by atoms with Gasteiger partial charge in [0.15, 0.2) is 0 Å². The largest absolute Gasteiger partial charge is 0.385 e. The van der Waals surface area contributed by atoms with Crippen molar-refractivity contribution in [1.29, 1.82) is 0 Å². The average Bonchev–Trinajstić information content (AvgIpc) is 2.86. The minimum atomic E-state index is -2.51. The summed E-state index contributed by atoms with van der Waals surface area (Å²) in [5.74, 6) is -1.40. The molecule has 1 aromatic rings. The number of halogens is 2. The van der Waals surface area contributed by atoms with Crippen molar-refractivity contribution in [3.8, 4) is 0 Å².